The van der Waals surface area contributed by atoms with Crippen LogP contribution < -0.4 is 5.32 Å². The van der Waals surface area contributed by atoms with Crippen molar-refractivity contribution in [2.45, 2.75) is 44.7 Å². The van der Waals surface area contributed by atoms with Crippen molar-refractivity contribution < 1.29 is 14.1 Å². The summed E-state index contributed by atoms with van der Waals surface area (Å²) in [6.45, 7) is 5.47. The summed E-state index contributed by atoms with van der Waals surface area (Å²) in [5.41, 5.74) is 0.918. The van der Waals surface area contributed by atoms with Crippen LogP contribution in [0, 0.1) is 5.92 Å². The summed E-state index contributed by atoms with van der Waals surface area (Å²) in [5.74, 6) is 1.66. The number of benzene rings is 1. The third-order valence-electron chi connectivity index (χ3n) is 5.14. The number of likely N-dealkylation sites (N-methyl/N-ethyl adjacent to an activating group) is 1. The van der Waals surface area contributed by atoms with Crippen molar-refractivity contribution in [2.24, 2.45) is 5.92 Å². The van der Waals surface area contributed by atoms with Gasteiger partial charge >= 0.3 is 0 Å². The quantitative estimate of drug-likeness (QED) is 0.788. The molecule has 7 heteroatoms. The Hall–Kier alpha value is -2.25. The molecule has 0 saturated carbocycles. The first-order valence-corrected chi connectivity index (χ1v) is 9.90. The van der Waals surface area contributed by atoms with Crippen molar-refractivity contribution in [1.29, 1.82) is 0 Å². The average molecular weight is 386 g/mol. The summed E-state index contributed by atoms with van der Waals surface area (Å²) in [6.07, 6.45) is 1.77. The smallest absolute Gasteiger partial charge is 0.244 e. The second-order valence-corrected chi connectivity index (χ2v) is 7.82. The van der Waals surface area contributed by atoms with E-state index in [0.717, 1.165) is 18.4 Å². The number of rotatable bonds is 7. The molecule has 1 saturated heterocycles. The third kappa shape index (κ3) is 4.77. The molecule has 28 heavy (non-hydrogen) atoms. The first-order chi connectivity index (χ1) is 13.5. The molecule has 152 valence electrons. The summed E-state index contributed by atoms with van der Waals surface area (Å²) in [6, 6.07) is 9.07. The van der Waals surface area contributed by atoms with Gasteiger partial charge in [0.1, 0.15) is 6.04 Å². The highest BCUT2D eigenvalue weighted by atomic mass is 16.5. The molecular formula is C21H30N4O3. The fourth-order valence-corrected chi connectivity index (χ4v) is 3.46. The number of aromatic nitrogens is 2. The van der Waals surface area contributed by atoms with E-state index in [0.29, 0.717) is 24.9 Å². The lowest BCUT2D eigenvalue weighted by Crippen LogP contribution is -2.42. The first-order valence-electron chi connectivity index (χ1n) is 9.90. The van der Waals surface area contributed by atoms with Gasteiger partial charge in [0.15, 0.2) is 5.82 Å². The average Bonchev–Trinajstić information content (AvgIpc) is 3.20. The van der Waals surface area contributed by atoms with Crippen molar-refractivity contribution in [2.75, 3.05) is 27.3 Å². The number of nitrogens with zero attached hydrogens (tertiary/aromatic N) is 3. The Bertz CT molecular complexity index is 754. The zero-order valence-electron chi connectivity index (χ0n) is 17.1. The zero-order valence-corrected chi connectivity index (χ0v) is 17.1. The van der Waals surface area contributed by atoms with Gasteiger partial charge in [0.2, 0.25) is 11.8 Å². The van der Waals surface area contributed by atoms with Crippen LogP contribution >= 0.6 is 0 Å². The van der Waals surface area contributed by atoms with Gasteiger partial charge in [-0.1, -0.05) is 49.3 Å². The highest BCUT2D eigenvalue weighted by Crippen LogP contribution is 2.32. The van der Waals surface area contributed by atoms with Crippen LogP contribution in [0.4, 0.5) is 0 Å². The molecular weight excluding hydrogens is 356 g/mol. The van der Waals surface area contributed by atoms with E-state index in [1.807, 2.05) is 44.2 Å². The highest BCUT2D eigenvalue weighted by Gasteiger charge is 2.35. The predicted octanol–water partition coefficient (Wildman–Crippen LogP) is 3.08. The monoisotopic (exact) mass is 386 g/mol. The molecule has 1 amide bonds. The van der Waals surface area contributed by atoms with E-state index >= 15 is 0 Å². The van der Waals surface area contributed by atoms with Gasteiger partial charge in [0.05, 0.1) is 6.04 Å². The second kappa shape index (κ2) is 9.30. The van der Waals surface area contributed by atoms with Gasteiger partial charge in [0.25, 0.3) is 0 Å². The minimum Gasteiger partial charge on any atom is -0.381 e. The van der Waals surface area contributed by atoms with Crippen molar-refractivity contribution >= 4 is 5.91 Å². The molecule has 0 unspecified atom stereocenters. The molecule has 7 nitrogen and oxygen atoms in total. The summed E-state index contributed by atoms with van der Waals surface area (Å²) >= 11 is 0. The van der Waals surface area contributed by atoms with Crippen LogP contribution in [-0.2, 0) is 9.53 Å². The lowest BCUT2D eigenvalue weighted by molar-refractivity contribution is -0.131. The number of ether oxygens (including phenoxy) is 1. The van der Waals surface area contributed by atoms with Crippen molar-refractivity contribution in [1.82, 2.24) is 20.4 Å². The van der Waals surface area contributed by atoms with Crippen LogP contribution in [0.25, 0.3) is 0 Å². The summed E-state index contributed by atoms with van der Waals surface area (Å²) in [7, 11) is 3.54. The molecule has 1 aromatic heterocycles. The van der Waals surface area contributed by atoms with Gasteiger partial charge in [-0.25, -0.2) is 0 Å². The molecule has 1 aliphatic heterocycles. The standard InChI is InChI=1S/C21H30N4O3/c1-14(2)19-23-20(28-24-19)17(16-10-12-27-13-11-16)22-18(21(26)25(3)4)15-8-6-5-7-9-15/h5-9,14,16-18,22H,10-13H2,1-4H3/t17-,18+/m0/s1. The fourth-order valence-electron chi connectivity index (χ4n) is 3.46. The normalized spacial score (nSPS) is 17.5. The SMILES string of the molecule is CC(C)c1noc([C@@H](N[C@@H](C(=O)N(C)C)c2ccccc2)C2CCOCC2)n1. The van der Waals surface area contributed by atoms with E-state index in [1.165, 1.54) is 0 Å². The highest BCUT2D eigenvalue weighted by molar-refractivity contribution is 5.82. The van der Waals surface area contributed by atoms with Gasteiger partial charge < -0.3 is 14.2 Å². The first kappa shape index (κ1) is 20.5. The van der Waals surface area contributed by atoms with Gasteiger partial charge in [0, 0.05) is 33.2 Å². The maximum atomic E-state index is 13.0. The lowest BCUT2D eigenvalue weighted by Gasteiger charge is -2.32. The van der Waals surface area contributed by atoms with Gasteiger partial charge in [-0.3, -0.25) is 10.1 Å². The van der Waals surface area contributed by atoms with Gasteiger partial charge in [-0.15, -0.1) is 0 Å². The van der Waals surface area contributed by atoms with Crippen LogP contribution in [0.3, 0.4) is 0 Å². The van der Waals surface area contributed by atoms with E-state index in [2.05, 4.69) is 15.5 Å². The maximum Gasteiger partial charge on any atom is 0.244 e. The van der Waals surface area contributed by atoms with E-state index in [-0.39, 0.29) is 23.8 Å². The number of hydrogen-bond donors (Lipinski definition) is 1. The molecule has 1 N–H and O–H groups in total. The Morgan fingerprint density at radius 3 is 2.43 bits per heavy atom. The topological polar surface area (TPSA) is 80.5 Å². The number of nitrogens with one attached hydrogen (secondary N) is 1. The minimum atomic E-state index is -0.488. The van der Waals surface area contributed by atoms with E-state index in [9.17, 15) is 4.79 Å². The van der Waals surface area contributed by atoms with Crippen molar-refractivity contribution in [3.05, 3.63) is 47.6 Å². The molecule has 0 radical (unpaired) electrons. The predicted molar refractivity (Wildman–Crippen MR) is 106 cm³/mol. The molecule has 0 spiro atoms. The van der Waals surface area contributed by atoms with E-state index < -0.39 is 6.04 Å². The lowest BCUT2D eigenvalue weighted by atomic mass is 9.90. The number of carbonyl (C=O) groups is 1. The van der Waals surface area contributed by atoms with Crippen LogP contribution in [0.15, 0.2) is 34.9 Å². The minimum absolute atomic E-state index is 0.00754. The molecule has 0 bridgehead atoms. The Labute approximate surface area is 166 Å². The van der Waals surface area contributed by atoms with Gasteiger partial charge in [-0.2, -0.15) is 4.98 Å². The van der Waals surface area contributed by atoms with Crippen molar-refractivity contribution in [3.63, 3.8) is 0 Å². The molecule has 1 aromatic carbocycles. The summed E-state index contributed by atoms with van der Waals surface area (Å²) < 4.78 is 11.2. The van der Waals surface area contributed by atoms with Crippen LogP contribution in [-0.4, -0.2) is 48.3 Å². The summed E-state index contributed by atoms with van der Waals surface area (Å²) in [4.78, 5) is 19.2. The van der Waals surface area contributed by atoms with Crippen LogP contribution in [0.5, 0.6) is 0 Å². The zero-order chi connectivity index (χ0) is 20.1. The molecule has 0 aliphatic carbocycles. The number of carbonyl (C=O) groups excluding carboxylic acids is 1. The van der Waals surface area contributed by atoms with Gasteiger partial charge in [-0.05, 0) is 24.3 Å². The molecule has 2 atom stereocenters. The molecule has 2 aromatic rings. The summed E-state index contributed by atoms with van der Waals surface area (Å²) in [5, 5.41) is 7.69. The Balaban J connectivity index is 1.93. The molecule has 2 heterocycles. The second-order valence-electron chi connectivity index (χ2n) is 7.82. The Kier molecular flexibility index (Phi) is 6.80. The Morgan fingerprint density at radius 1 is 1.18 bits per heavy atom. The van der Waals surface area contributed by atoms with E-state index in [1.54, 1.807) is 19.0 Å². The largest absolute Gasteiger partial charge is 0.381 e. The Morgan fingerprint density at radius 2 is 1.86 bits per heavy atom. The van der Waals surface area contributed by atoms with Crippen LogP contribution in [0.1, 0.15) is 62.0 Å². The molecule has 3 rings (SSSR count). The molecule has 1 aliphatic rings. The third-order valence-corrected chi connectivity index (χ3v) is 5.14. The fraction of sp³-hybridized carbons (Fsp3) is 0.571. The number of hydrogen-bond acceptors (Lipinski definition) is 6. The number of amides is 1. The van der Waals surface area contributed by atoms with E-state index in [4.69, 9.17) is 9.26 Å². The van der Waals surface area contributed by atoms with Crippen LogP contribution in [0.2, 0.25) is 0 Å². The molecule has 1 fully saturated rings. The maximum absolute atomic E-state index is 13.0. The van der Waals surface area contributed by atoms with Crippen molar-refractivity contribution in [3.8, 4) is 0 Å².